The van der Waals surface area contributed by atoms with Crippen molar-refractivity contribution in [1.29, 1.82) is 0 Å². The molecule has 0 spiro atoms. The van der Waals surface area contributed by atoms with Crippen molar-refractivity contribution in [2.75, 3.05) is 6.61 Å². The first-order chi connectivity index (χ1) is 11.3. The number of hydrogen-bond donors (Lipinski definition) is 3. The van der Waals surface area contributed by atoms with Gasteiger partial charge in [0.2, 0.25) is 0 Å². The van der Waals surface area contributed by atoms with Crippen LogP contribution in [0.25, 0.3) is 0 Å². The van der Waals surface area contributed by atoms with Crippen LogP contribution in [-0.2, 0) is 4.79 Å². The maximum atomic E-state index is 12.2. The monoisotopic (exact) mass is 334 g/mol. The Kier molecular flexibility index (Phi) is 4.42. The quantitative estimate of drug-likeness (QED) is 0.692. The number of rotatable bonds is 3. The third-order valence-electron chi connectivity index (χ3n) is 7.09. The van der Waals surface area contributed by atoms with E-state index in [0.717, 1.165) is 30.4 Å². The number of allylic oxidation sites excluding steroid dienone is 2. The molecule has 3 aliphatic carbocycles. The van der Waals surface area contributed by atoms with Crippen LogP contribution in [0.3, 0.4) is 0 Å². The molecule has 24 heavy (non-hydrogen) atoms. The first kappa shape index (κ1) is 17.7. The fourth-order valence-corrected chi connectivity index (χ4v) is 5.42. The summed E-state index contributed by atoms with van der Waals surface area (Å²) in [5.74, 6) is -0.299. The first-order valence-electron chi connectivity index (χ1n) is 9.20. The van der Waals surface area contributed by atoms with E-state index in [4.69, 9.17) is 0 Å². The number of aliphatic carboxylic acids is 1. The van der Waals surface area contributed by atoms with Crippen molar-refractivity contribution in [2.24, 2.45) is 22.7 Å². The Morgan fingerprint density at radius 1 is 1.33 bits per heavy atom. The van der Waals surface area contributed by atoms with Gasteiger partial charge in [0.1, 0.15) is 0 Å². The van der Waals surface area contributed by atoms with Gasteiger partial charge in [-0.25, -0.2) is 0 Å². The second-order valence-electron chi connectivity index (χ2n) is 8.52. The molecule has 0 radical (unpaired) electrons. The van der Waals surface area contributed by atoms with E-state index in [1.54, 1.807) is 0 Å². The maximum Gasteiger partial charge on any atom is 0.313 e. The maximum absolute atomic E-state index is 12.2. The Hall–Kier alpha value is -1.13. The number of hydrogen-bond acceptors (Lipinski definition) is 3. The number of fused-ring (bicyclic) bond motifs is 3. The standard InChI is InChI=1S/C20H30O4/c1-12(2)14-6-7-20(18(23)24)9-8-19(3)15(17(14)20)5-4-13(11-21)10-16(19)22/h4,12,15-16,21-22H,5-11H2,1-3H3,(H,23,24)/t15-,16?,19-,20+/m0/s1. The average molecular weight is 334 g/mol. The van der Waals surface area contributed by atoms with Crippen LogP contribution < -0.4 is 0 Å². The third-order valence-corrected chi connectivity index (χ3v) is 7.09. The number of carbonyl (C=O) groups is 1. The Morgan fingerprint density at radius 3 is 2.62 bits per heavy atom. The highest BCUT2D eigenvalue weighted by molar-refractivity contribution is 5.81. The molecule has 0 aromatic heterocycles. The van der Waals surface area contributed by atoms with Gasteiger partial charge in [-0.15, -0.1) is 0 Å². The molecule has 4 nitrogen and oxygen atoms in total. The Bertz CT molecular complexity index is 603. The van der Waals surface area contributed by atoms with E-state index in [9.17, 15) is 20.1 Å². The molecule has 0 aromatic rings. The summed E-state index contributed by atoms with van der Waals surface area (Å²) >= 11 is 0. The van der Waals surface area contributed by atoms with Crippen molar-refractivity contribution in [3.05, 3.63) is 22.8 Å². The van der Waals surface area contributed by atoms with Crippen LogP contribution in [0.15, 0.2) is 22.8 Å². The van der Waals surface area contributed by atoms with Gasteiger partial charge >= 0.3 is 5.97 Å². The van der Waals surface area contributed by atoms with E-state index in [-0.39, 0.29) is 17.9 Å². The summed E-state index contributed by atoms with van der Waals surface area (Å²) in [6.07, 6.45) is 5.64. The molecule has 3 aliphatic rings. The highest BCUT2D eigenvalue weighted by Crippen LogP contribution is 2.63. The van der Waals surface area contributed by atoms with Gasteiger partial charge in [0.05, 0.1) is 18.1 Å². The van der Waals surface area contributed by atoms with Crippen LogP contribution in [0.4, 0.5) is 0 Å². The number of carboxylic acid groups (broad SMARTS) is 1. The van der Waals surface area contributed by atoms with Crippen molar-refractivity contribution in [1.82, 2.24) is 0 Å². The summed E-state index contributed by atoms with van der Waals surface area (Å²) < 4.78 is 0. The lowest BCUT2D eigenvalue weighted by Crippen LogP contribution is -2.49. The molecular formula is C20H30O4. The zero-order valence-electron chi connectivity index (χ0n) is 15.0. The van der Waals surface area contributed by atoms with E-state index < -0.39 is 17.5 Å². The van der Waals surface area contributed by atoms with Gasteiger partial charge in [0.25, 0.3) is 0 Å². The Labute approximate surface area is 144 Å². The van der Waals surface area contributed by atoms with Gasteiger partial charge in [-0.3, -0.25) is 4.79 Å². The highest BCUT2D eigenvalue weighted by Gasteiger charge is 2.59. The number of aliphatic hydroxyl groups is 2. The van der Waals surface area contributed by atoms with Gasteiger partial charge in [0.15, 0.2) is 0 Å². The summed E-state index contributed by atoms with van der Waals surface area (Å²) in [6.45, 7) is 6.38. The minimum atomic E-state index is -0.735. The van der Waals surface area contributed by atoms with Crippen molar-refractivity contribution in [3.8, 4) is 0 Å². The van der Waals surface area contributed by atoms with E-state index in [1.807, 2.05) is 6.08 Å². The van der Waals surface area contributed by atoms with Gasteiger partial charge in [-0.2, -0.15) is 0 Å². The Morgan fingerprint density at radius 2 is 2.04 bits per heavy atom. The zero-order valence-corrected chi connectivity index (χ0v) is 15.0. The van der Waals surface area contributed by atoms with Crippen LogP contribution in [0.1, 0.15) is 59.3 Å². The lowest BCUT2D eigenvalue weighted by molar-refractivity contribution is -0.151. The summed E-state index contributed by atoms with van der Waals surface area (Å²) in [4.78, 5) is 12.2. The summed E-state index contributed by atoms with van der Waals surface area (Å²) in [5, 5.41) is 30.5. The summed E-state index contributed by atoms with van der Waals surface area (Å²) in [6, 6.07) is 0. The minimum absolute atomic E-state index is 0.0278. The topological polar surface area (TPSA) is 77.8 Å². The lowest BCUT2D eigenvalue weighted by Gasteiger charge is -2.51. The third kappa shape index (κ3) is 2.38. The molecule has 0 aromatic carbocycles. The molecule has 4 atom stereocenters. The molecule has 3 rings (SSSR count). The first-order valence-corrected chi connectivity index (χ1v) is 9.20. The zero-order chi connectivity index (χ0) is 17.7. The smallest absolute Gasteiger partial charge is 0.313 e. The highest BCUT2D eigenvalue weighted by atomic mass is 16.4. The van der Waals surface area contributed by atoms with Crippen molar-refractivity contribution < 1.29 is 20.1 Å². The minimum Gasteiger partial charge on any atom is -0.481 e. The molecule has 0 aliphatic heterocycles. The molecular weight excluding hydrogens is 304 g/mol. The van der Waals surface area contributed by atoms with Crippen molar-refractivity contribution >= 4 is 5.97 Å². The Balaban J connectivity index is 2.15. The van der Waals surface area contributed by atoms with Gasteiger partial charge in [-0.05, 0) is 61.5 Å². The molecule has 0 saturated heterocycles. The summed E-state index contributed by atoms with van der Waals surface area (Å²) in [7, 11) is 0. The largest absolute Gasteiger partial charge is 0.481 e. The molecule has 134 valence electrons. The number of aliphatic hydroxyl groups excluding tert-OH is 2. The van der Waals surface area contributed by atoms with Gasteiger partial charge in [0, 0.05) is 5.41 Å². The van der Waals surface area contributed by atoms with Crippen LogP contribution in [0.5, 0.6) is 0 Å². The fourth-order valence-electron chi connectivity index (χ4n) is 5.42. The normalized spacial score (nSPS) is 39.3. The van der Waals surface area contributed by atoms with Crippen LogP contribution in [-0.4, -0.2) is 34.0 Å². The predicted molar refractivity (Wildman–Crippen MR) is 92.4 cm³/mol. The average Bonchev–Trinajstić information content (AvgIpc) is 2.88. The van der Waals surface area contributed by atoms with E-state index in [1.165, 1.54) is 5.57 Å². The fraction of sp³-hybridized carbons (Fsp3) is 0.750. The van der Waals surface area contributed by atoms with Gasteiger partial charge < -0.3 is 15.3 Å². The van der Waals surface area contributed by atoms with Crippen molar-refractivity contribution in [2.45, 2.75) is 65.4 Å². The van der Waals surface area contributed by atoms with Crippen LogP contribution in [0, 0.1) is 22.7 Å². The van der Waals surface area contributed by atoms with Crippen LogP contribution in [0.2, 0.25) is 0 Å². The van der Waals surface area contributed by atoms with Crippen LogP contribution >= 0.6 is 0 Å². The van der Waals surface area contributed by atoms with Gasteiger partial charge in [-0.1, -0.05) is 32.4 Å². The molecule has 1 saturated carbocycles. The molecule has 0 heterocycles. The second kappa shape index (κ2) is 5.99. The van der Waals surface area contributed by atoms with E-state index >= 15 is 0 Å². The molecule has 1 unspecified atom stereocenters. The van der Waals surface area contributed by atoms with E-state index in [0.29, 0.717) is 25.2 Å². The molecule has 0 amide bonds. The predicted octanol–water partition coefficient (Wildman–Crippen LogP) is 3.29. The summed E-state index contributed by atoms with van der Waals surface area (Å²) in [5.41, 5.74) is 2.23. The van der Waals surface area contributed by atoms with Crippen molar-refractivity contribution in [3.63, 3.8) is 0 Å². The molecule has 1 fully saturated rings. The molecule has 4 heteroatoms. The SMILES string of the molecule is CC(C)C1=C2[C@@H]3CC=C(CO)CC(O)[C@@]3(C)CC[C@]2(C(=O)O)CC1. The lowest BCUT2D eigenvalue weighted by atomic mass is 9.53. The molecule has 3 N–H and O–H groups in total. The van der Waals surface area contributed by atoms with E-state index in [2.05, 4.69) is 20.8 Å². The number of carboxylic acids is 1. The molecule has 0 bridgehead atoms. The second-order valence-corrected chi connectivity index (χ2v) is 8.52.